The van der Waals surface area contributed by atoms with Crippen LogP contribution >= 0.6 is 0 Å². The third-order valence-electron chi connectivity index (χ3n) is 13.7. The van der Waals surface area contributed by atoms with Gasteiger partial charge in [0.2, 0.25) is 5.71 Å². The number of rotatable bonds is 7. The van der Waals surface area contributed by atoms with E-state index in [2.05, 4.69) is 165 Å². The van der Waals surface area contributed by atoms with Crippen LogP contribution in [0.1, 0.15) is 75.9 Å². The first-order chi connectivity index (χ1) is 33.6. The maximum Gasteiger partial charge on any atom is 0 e. The molecule has 6 aromatic carbocycles. The molecule has 7 nitrogen and oxygen atoms in total. The Bertz CT molecular complexity index is 3830. The van der Waals surface area contributed by atoms with E-state index in [4.69, 9.17) is 19.4 Å². The van der Waals surface area contributed by atoms with E-state index in [0.29, 0.717) is 11.3 Å². The SMILES string of the molecule is Cc1cc2nc(-c3[c-]ccc4c3oc3nc(C(C)C(C)(C)C)ccc34)n(-c3c(C(C)C)c4ccccc4c4ccccc34)c2cn1.[CH3][Ge]([CH3])([CH3])[c]1cnc(-c2[c-]cccc2)cc1-c1ccccc1C#N.[Ir]. The number of aromatic nitrogens is 5. The maximum absolute atomic E-state index is 9.50. The summed E-state index contributed by atoms with van der Waals surface area (Å²) >= 11 is -2.14. The van der Waals surface area contributed by atoms with Crippen molar-refractivity contribution in [3.63, 3.8) is 0 Å². The van der Waals surface area contributed by atoms with Crippen LogP contribution in [0.4, 0.5) is 0 Å². The molecular weight excluding hydrogens is 1110 g/mol. The van der Waals surface area contributed by atoms with Gasteiger partial charge in [-0.2, -0.15) is 0 Å². The van der Waals surface area contributed by atoms with Crippen molar-refractivity contribution >= 4 is 72.3 Å². The zero-order valence-electron chi connectivity index (χ0n) is 41.9. The molecule has 0 spiro atoms. The number of benzene rings is 6. The van der Waals surface area contributed by atoms with Crippen LogP contribution in [-0.4, -0.2) is 37.8 Å². The molecule has 1 radical (unpaired) electrons. The molecule has 0 aliphatic rings. The van der Waals surface area contributed by atoms with Crippen molar-refractivity contribution in [2.75, 3.05) is 0 Å². The van der Waals surface area contributed by atoms with Crippen molar-refractivity contribution in [1.82, 2.24) is 24.5 Å². The molecule has 1 unspecified atom stereocenters. The predicted octanol–water partition coefficient (Wildman–Crippen LogP) is 15.7. The molecule has 0 saturated carbocycles. The van der Waals surface area contributed by atoms with Crippen LogP contribution in [0.25, 0.3) is 94.1 Å². The van der Waals surface area contributed by atoms with Crippen molar-refractivity contribution in [3.05, 3.63) is 181 Å². The van der Waals surface area contributed by atoms with Crippen LogP contribution in [0, 0.1) is 35.8 Å². The second-order valence-corrected chi connectivity index (χ2v) is 31.3. The van der Waals surface area contributed by atoms with Gasteiger partial charge in [0.1, 0.15) is 0 Å². The summed E-state index contributed by atoms with van der Waals surface area (Å²) in [5, 5.41) is 16.4. The van der Waals surface area contributed by atoms with E-state index < -0.39 is 13.3 Å². The van der Waals surface area contributed by atoms with E-state index in [0.717, 1.165) is 78.2 Å². The van der Waals surface area contributed by atoms with Crippen molar-refractivity contribution in [1.29, 1.82) is 5.26 Å². The maximum atomic E-state index is 9.50. The average Bonchev–Trinajstić information content (AvgIpc) is 3.93. The predicted molar refractivity (Wildman–Crippen MR) is 292 cm³/mol. The monoisotopic (exact) mass is 1170 g/mol. The number of hydrogen-bond acceptors (Lipinski definition) is 6. The first-order valence-corrected chi connectivity index (χ1v) is 31.5. The molecule has 9 heteroatoms. The van der Waals surface area contributed by atoms with Crippen molar-refractivity contribution in [2.45, 2.75) is 77.6 Å². The zero-order valence-corrected chi connectivity index (χ0v) is 46.4. The Morgan fingerprint density at radius 3 is 2.07 bits per heavy atom. The standard InChI is InChI=1S/C41H37N4O.C21H19GeN2.Ir/c1-23(2)36-28-15-10-8-13-26(28)27-14-9-11-16-29(27)37(36)45-35-22-42-24(3)21-34(35)43-39(45)32-18-12-17-30-31-19-20-33(25(4)41(5,6)7)44-40(31)46-38(30)32;1-22(2,3)20-15-24-21(16-9-5-4-6-10-16)13-19(20)18-12-8-7-11-17(18)14-23;/h8-17,19-23,25H,1-7H3;4-9,11-13,15H,1-3H3;/q2*-1;. The minimum absolute atomic E-state index is 0. The van der Waals surface area contributed by atoms with Gasteiger partial charge in [0.15, 0.2) is 0 Å². The number of aryl methyl sites for hydroxylation is 1. The molecule has 0 bridgehead atoms. The van der Waals surface area contributed by atoms with Crippen LogP contribution in [0.5, 0.6) is 0 Å². The largest absolute Gasteiger partial charge is 0 e. The Hall–Kier alpha value is -6.76. The van der Waals surface area contributed by atoms with Crippen LogP contribution in [0.15, 0.2) is 150 Å². The number of hydrogen-bond donors (Lipinski definition) is 0. The van der Waals surface area contributed by atoms with Crippen LogP contribution in [0.3, 0.4) is 0 Å². The molecule has 11 aromatic rings. The average molecular weight is 1170 g/mol. The van der Waals surface area contributed by atoms with Gasteiger partial charge in [-0.3, -0.25) is 9.97 Å². The first kappa shape index (κ1) is 49.2. The Labute approximate surface area is 432 Å². The molecule has 0 saturated heterocycles. The quantitative estimate of drug-likeness (QED) is 0.0897. The van der Waals surface area contributed by atoms with E-state index in [1.807, 2.05) is 73.9 Å². The number of pyridine rings is 3. The first-order valence-electron chi connectivity index (χ1n) is 24.1. The van der Waals surface area contributed by atoms with E-state index in [1.54, 1.807) is 0 Å². The molecule has 71 heavy (non-hydrogen) atoms. The van der Waals surface area contributed by atoms with Gasteiger partial charge in [-0.15, -0.1) is 18.2 Å². The number of imidazole rings is 1. The molecule has 11 rings (SSSR count). The zero-order chi connectivity index (χ0) is 49.1. The summed E-state index contributed by atoms with van der Waals surface area (Å²) in [5.74, 6) is 8.34. The van der Waals surface area contributed by atoms with Gasteiger partial charge in [0, 0.05) is 48.2 Å². The van der Waals surface area contributed by atoms with Gasteiger partial charge in [0.05, 0.1) is 34.3 Å². The van der Waals surface area contributed by atoms with E-state index in [-0.39, 0.29) is 37.4 Å². The molecule has 0 aliphatic heterocycles. The molecule has 5 heterocycles. The third kappa shape index (κ3) is 9.12. The summed E-state index contributed by atoms with van der Waals surface area (Å²) in [6.45, 7) is 15.5. The number of nitrogens with zero attached hydrogens (tertiary/aromatic N) is 6. The minimum atomic E-state index is -2.14. The van der Waals surface area contributed by atoms with Crippen molar-refractivity contribution < 1.29 is 24.5 Å². The molecule has 0 fully saturated rings. The number of nitriles is 1. The van der Waals surface area contributed by atoms with Gasteiger partial charge >= 0.3 is 146 Å². The van der Waals surface area contributed by atoms with Gasteiger partial charge in [-0.1, -0.05) is 101 Å². The molecule has 355 valence electrons. The number of fused-ring (bicyclic) bond motifs is 7. The van der Waals surface area contributed by atoms with Crippen molar-refractivity contribution in [2.24, 2.45) is 5.41 Å². The Balaban J connectivity index is 0.000000211. The number of furan rings is 1. The van der Waals surface area contributed by atoms with E-state index in [9.17, 15) is 5.26 Å². The molecule has 0 N–H and O–H groups in total. The fourth-order valence-corrected chi connectivity index (χ4v) is 12.8. The molecule has 1 atom stereocenters. The fraction of sp³-hybridized carbons (Fsp3) is 0.210. The van der Waals surface area contributed by atoms with Crippen LogP contribution in [-0.2, 0) is 20.1 Å². The fourth-order valence-electron chi connectivity index (χ4n) is 9.73. The normalized spacial score (nSPS) is 12.3. The Morgan fingerprint density at radius 2 is 1.38 bits per heavy atom. The van der Waals surface area contributed by atoms with Gasteiger partial charge < -0.3 is 8.98 Å². The van der Waals surface area contributed by atoms with E-state index in [1.165, 1.54) is 31.5 Å². The molecule has 0 amide bonds. The molecule has 0 aliphatic carbocycles. The van der Waals surface area contributed by atoms with Gasteiger partial charge in [-0.25, -0.2) is 4.98 Å². The molecular formula is C62H56GeIrN6O-2. The molecule has 5 aromatic heterocycles. The van der Waals surface area contributed by atoms with Gasteiger partial charge in [0.25, 0.3) is 0 Å². The summed E-state index contributed by atoms with van der Waals surface area (Å²) in [4.78, 5) is 19.8. The van der Waals surface area contributed by atoms with Crippen LogP contribution < -0.4 is 4.40 Å². The minimum Gasteiger partial charge on any atom is 0 e. The van der Waals surface area contributed by atoms with Gasteiger partial charge in [-0.05, 0) is 58.2 Å². The Kier molecular flexibility index (Phi) is 13.5. The summed E-state index contributed by atoms with van der Waals surface area (Å²) in [6.07, 6.45) is 3.97. The second kappa shape index (κ2) is 19.4. The Morgan fingerprint density at radius 1 is 0.690 bits per heavy atom. The third-order valence-corrected chi connectivity index (χ3v) is 18.0. The summed E-state index contributed by atoms with van der Waals surface area (Å²) in [5.41, 5.74) is 13.2. The van der Waals surface area contributed by atoms with E-state index >= 15 is 0 Å². The summed E-state index contributed by atoms with van der Waals surface area (Å²) in [6, 6.07) is 54.7. The van der Waals surface area contributed by atoms with Crippen LogP contribution in [0.2, 0.25) is 17.3 Å². The topological polar surface area (TPSA) is 93.4 Å². The summed E-state index contributed by atoms with van der Waals surface area (Å²) in [7, 11) is 0. The summed E-state index contributed by atoms with van der Waals surface area (Å²) < 4.78 is 10.3. The smallest absolute Gasteiger partial charge is 0 e. The second-order valence-electron chi connectivity index (χ2n) is 20.8. The van der Waals surface area contributed by atoms with Crippen molar-refractivity contribution in [3.8, 4) is 45.5 Å².